The highest BCUT2D eigenvalue weighted by Gasteiger charge is 2.19. The highest BCUT2D eigenvalue weighted by molar-refractivity contribution is 5.64. The quantitative estimate of drug-likeness (QED) is 0.754. The zero-order valence-corrected chi connectivity index (χ0v) is 9.21. The van der Waals surface area contributed by atoms with E-state index in [4.69, 9.17) is 10.5 Å². The number of para-hydroxylation sites is 1. The number of aryl methyl sites for hydroxylation is 1. The highest BCUT2D eigenvalue weighted by atomic mass is 16.6. The summed E-state index contributed by atoms with van der Waals surface area (Å²) in [6.45, 7) is 3.34. The molecule has 2 atom stereocenters. The van der Waals surface area contributed by atoms with E-state index in [-0.39, 0.29) is 0 Å². The van der Waals surface area contributed by atoms with Crippen molar-refractivity contribution in [3.8, 4) is 5.75 Å². The van der Waals surface area contributed by atoms with Gasteiger partial charge >= 0.3 is 6.09 Å². The second-order valence-electron chi connectivity index (χ2n) is 3.42. The maximum atomic E-state index is 10.5. The third kappa shape index (κ3) is 3.43. The molecule has 0 aliphatic heterocycles. The Hall–Kier alpha value is -1.75. The van der Waals surface area contributed by atoms with Crippen molar-refractivity contribution in [2.75, 3.05) is 0 Å². The molecule has 0 bridgehead atoms. The monoisotopic (exact) mass is 225 g/mol. The molecule has 16 heavy (non-hydrogen) atoms. The molecule has 0 aliphatic carbocycles. The lowest BCUT2D eigenvalue weighted by Crippen LogP contribution is -2.35. The molecule has 5 nitrogen and oxygen atoms in total. The van der Waals surface area contributed by atoms with Crippen LogP contribution >= 0.6 is 0 Å². The SMILES string of the molecule is Cc1ccccc1O[C@H](O)[C@H](C)OC(N)=O. The van der Waals surface area contributed by atoms with Gasteiger partial charge in [-0.2, -0.15) is 0 Å². The predicted octanol–water partition coefficient (Wildman–Crippen LogP) is 1.18. The lowest BCUT2D eigenvalue weighted by molar-refractivity contribution is -0.0979. The van der Waals surface area contributed by atoms with Gasteiger partial charge in [0, 0.05) is 0 Å². The summed E-state index contributed by atoms with van der Waals surface area (Å²) in [7, 11) is 0. The van der Waals surface area contributed by atoms with Gasteiger partial charge in [-0.15, -0.1) is 0 Å². The number of hydrogen-bond donors (Lipinski definition) is 2. The maximum absolute atomic E-state index is 10.5. The molecule has 0 heterocycles. The Morgan fingerprint density at radius 1 is 1.44 bits per heavy atom. The van der Waals surface area contributed by atoms with Crippen molar-refractivity contribution in [3.63, 3.8) is 0 Å². The average Bonchev–Trinajstić information content (AvgIpc) is 2.20. The van der Waals surface area contributed by atoms with Crippen molar-refractivity contribution >= 4 is 6.09 Å². The average molecular weight is 225 g/mol. The number of aliphatic hydroxyl groups is 1. The van der Waals surface area contributed by atoms with Gasteiger partial charge in [-0.3, -0.25) is 0 Å². The molecule has 1 rings (SSSR count). The van der Waals surface area contributed by atoms with E-state index in [0.717, 1.165) is 5.56 Å². The maximum Gasteiger partial charge on any atom is 0.404 e. The molecule has 0 saturated carbocycles. The Labute approximate surface area is 93.8 Å². The third-order valence-corrected chi connectivity index (χ3v) is 2.04. The number of primary amides is 1. The van der Waals surface area contributed by atoms with Crippen LogP contribution in [-0.2, 0) is 4.74 Å². The minimum absolute atomic E-state index is 0.537. The van der Waals surface area contributed by atoms with Crippen molar-refractivity contribution in [1.82, 2.24) is 0 Å². The van der Waals surface area contributed by atoms with Crippen LogP contribution in [0.15, 0.2) is 24.3 Å². The molecule has 88 valence electrons. The zero-order chi connectivity index (χ0) is 12.1. The van der Waals surface area contributed by atoms with Crippen LogP contribution in [0, 0.1) is 6.92 Å². The third-order valence-electron chi connectivity index (χ3n) is 2.04. The summed E-state index contributed by atoms with van der Waals surface area (Å²) in [5, 5.41) is 9.59. The molecule has 5 heteroatoms. The molecule has 0 unspecified atom stereocenters. The van der Waals surface area contributed by atoms with Crippen LogP contribution in [0.1, 0.15) is 12.5 Å². The van der Waals surface area contributed by atoms with Crippen molar-refractivity contribution in [2.24, 2.45) is 5.73 Å². The van der Waals surface area contributed by atoms with Gasteiger partial charge in [0.05, 0.1) is 0 Å². The van der Waals surface area contributed by atoms with Gasteiger partial charge in [0.25, 0.3) is 0 Å². The summed E-state index contributed by atoms with van der Waals surface area (Å²) < 4.78 is 9.82. The molecular weight excluding hydrogens is 210 g/mol. The molecule has 0 aliphatic rings. The zero-order valence-electron chi connectivity index (χ0n) is 9.21. The Bertz CT molecular complexity index is 367. The van der Waals surface area contributed by atoms with E-state index in [1.807, 2.05) is 19.1 Å². The first-order chi connectivity index (χ1) is 7.50. The van der Waals surface area contributed by atoms with Gasteiger partial charge < -0.3 is 20.3 Å². The lowest BCUT2D eigenvalue weighted by Gasteiger charge is -2.20. The number of carbonyl (C=O) groups excluding carboxylic acids is 1. The van der Waals surface area contributed by atoms with E-state index in [1.165, 1.54) is 6.92 Å². The highest BCUT2D eigenvalue weighted by Crippen LogP contribution is 2.18. The van der Waals surface area contributed by atoms with Gasteiger partial charge in [-0.1, -0.05) is 18.2 Å². The smallest absolute Gasteiger partial charge is 0.404 e. The first-order valence-electron chi connectivity index (χ1n) is 4.87. The number of aliphatic hydroxyl groups excluding tert-OH is 1. The molecule has 3 N–H and O–H groups in total. The standard InChI is InChI=1S/C11H15NO4/c1-7-5-3-4-6-9(7)16-10(13)8(2)15-11(12)14/h3-6,8,10,13H,1-2H3,(H2,12,14)/t8-,10-/m0/s1. The number of amides is 1. The van der Waals surface area contributed by atoms with Gasteiger partial charge in [0.15, 0.2) is 6.10 Å². The Morgan fingerprint density at radius 2 is 2.06 bits per heavy atom. The second-order valence-corrected chi connectivity index (χ2v) is 3.42. The van der Waals surface area contributed by atoms with E-state index < -0.39 is 18.5 Å². The summed E-state index contributed by atoms with van der Waals surface area (Å²) in [6.07, 6.45) is -3.01. The van der Waals surface area contributed by atoms with Gasteiger partial charge in [-0.25, -0.2) is 4.79 Å². The van der Waals surface area contributed by atoms with E-state index in [9.17, 15) is 9.90 Å². The number of rotatable bonds is 4. The van der Waals surface area contributed by atoms with Crippen LogP contribution in [0.5, 0.6) is 5.75 Å². The first kappa shape index (κ1) is 12.3. The van der Waals surface area contributed by atoms with E-state index in [2.05, 4.69) is 4.74 Å². The number of hydrogen-bond acceptors (Lipinski definition) is 4. The second kappa shape index (κ2) is 5.37. The van der Waals surface area contributed by atoms with Crippen LogP contribution in [0.25, 0.3) is 0 Å². The minimum atomic E-state index is -1.24. The fourth-order valence-corrected chi connectivity index (χ4v) is 1.16. The van der Waals surface area contributed by atoms with Crippen LogP contribution in [0.4, 0.5) is 4.79 Å². The Kier molecular flexibility index (Phi) is 4.13. The van der Waals surface area contributed by atoms with Crippen molar-refractivity contribution in [3.05, 3.63) is 29.8 Å². The van der Waals surface area contributed by atoms with E-state index >= 15 is 0 Å². The molecule has 1 aromatic carbocycles. The molecule has 1 aromatic rings. The number of carbonyl (C=O) groups is 1. The van der Waals surface area contributed by atoms with Crippen molar-refractivity contribution in [2.45, 2.75) is 26.2 Å². The van der Waals surface area contributed by atoms with Gasteiger partial charge in [0.2, 0.25) is 6.29 Å². The van der Waals surface area contributed by atoms with Crippen LogP contribution in [0.2, 0.25) is 0 Å². The van der Waals surface area contributed by atoms with Crippen LogP contribution < -0.4 is 10.5 Å². The molecule has 0 aromatic heterocycles. The summed E-state index contributed by atoms with van der Waals surface area (Å²) in [5.74, 6) is 0.537. The fraction of sp³-hybridized carbons (Fsp3) is 0.364. The van der Waals surface area contributed by atoms with Crippen LogP contribution in [-0.4, -0.2) is 23.6 Å². The molecular formula is C11H15NO4. The van der Waals surface area contributed by atoms with Crippen LogP contribution in [0.3, 0.4) is 0 Å². The number of benzene rings is 1. The topological polar surface area (TPSA) is 81.8 Å². The molecule has 0 spiro atoms. The summed E-state index contributed by atoms with van der Waals surface area (Å²) in [5.41, 5.74) is 5.71. The normalized spacial score (nSPS) is 13.9. The Balaban J connectivity index is 2.60. The van der Waals surface area contributed by atoms with Gasteiger partial charge in [0.1, 0.15) is 5.75 Å². The molecule has 0 saturated heterocycles. The van der Waals surface area contributed by atoms with Crippen molar-refractivity contribution in [1.29, 1.82) is 0 Å². The fourth-order valence-electron chi connectivity index (χ4n) is 1.16. The van der Waals surface area contributed by atoms with E-state index in [0.29, 0.717) is 5.75 Å². The summed E-state index contributed by atoms with van der Waals surface area (Å²) in [6, 6.07) is 7.21. The van der Waals surface area contributed by atoms with Crippen molar-refractivity contribution < 1.29 is 19.4 Å². The molecule has 1 amide bonds. The Morgan fingerprint density at radius 3 is 2.62 bits per heavy atom. The minimum Gasteiger partial charge on any atom is -0.461 e. The number of nitrogens with two attached hydrogens (primary N) is 1. The molecule has 0 radical (unpaired) electrons. The molecule has 0 fully saturated rings. The lowest BCUT2D eigenvalue weighted by atomic mass is 10.2. The summed E-state index contributed by atoms with van der Waals surface area (Å²) in [4.78, 5) is 10.5. The van der Waals surface area contributed by atoms with Gasteiger partial charge in [-0.05, 0) is 25.5 Å². The predicted molar refractivity (Wildman–Crippen MR) is 57.9 cm³/mol. The van der Waals surface area contributed by atoms with E-state index in [1.54, 1.807) is 12.1 Å². The largest absolute Gasteiger partial charge is 0.461 e. The first-order valence-corrected chi connectivity index (χ1v) is 4.87. The number of ether oxygens (including phenoxy) is 2. The summed E-state index contributed by atoms with van der Waals surface area (Å²) >= 11 is 0.